The Balaban J connectivity index is 1.64. The minimum absolute atomic E-state index is 0.795. The molecule has 0 spiro atoms. The molecule has 2 aliphatic carbocycles. The summed E-state index contributed by atoms with van der Waals surface area (Å²) in [6.45, 7) is 4.72. The molecular weight excluding hydrogens is 158 g/mol. The molecule has 4 fully saturated rings. The Morgan fingerprint density at radius 1 is 0.923 bits per heavy atom. The summed E-state index contributed by atoms with van der Waals surface area (Å²) in [6, 6.07) is 2.75. The zero-order chi connectivity index (χ0) is 9.00. The highest BCUT2D eigenvalue weighted by Crippen LogP contribution is 2.50. The van der Waals surface area contributed by atoms with E-state index < -0.39 is 0 Å². The summed E-state index contributed by atoms with van der Waals surface area (Å²) in [7, 11) is 0. The standard InChI is InChI=1S/C12H21N/c1-8(2)13-11-5-10(9-3-4-9)6-12(13)7-11/h8-12H,3-7H2,1-2H3. The van der Waals surface area contributed by atoms with E-state index >= 15 is 0 Å². The molecule has 1 nitrogen and oxygen atoms in total. The highest BCUT2D eigenvalue weighted by atomic mass is 15.3. The Kier molecular flexibility index (Phi) is 1.74. The molecule has 0 radical (unpaired) electrons. The van der Waals surface area contributed by atoms with Crippen LogP contribution in [0.4, 0.5) is 0 Å². The predicted molar refractivity (Wildman–Crippen MR) is 54.6 cm³/mol. The molecule has 1 heteroatoms. The zero-order valence-electron chi connectivity index (χ0n) is 8.87. The minimum atomic E-state index is 0.795. The fraction of sp³-hybridized carbons (Fsp3) is 1.00. The van der Waals surface area contributed by atoms with Gasteiger partial charge in [0.25, 0.3) is 0 Å². The smallest absolute Gasteiger partial charge is 0.0118 e. The molecule has 4 aliphatic rings. The van der Waals surface area contributed by atoms with E-state index in [4.69, 9.17) is 0 Å². The van der Waals surface area contributed by atoms with Gasteiger partial charge in [-0.15, -0.1) is 0 Å². The highest BCUT2D eigenvalue weighted by molar-refractivity contribution is 5.03. The van der Waals surface area contributed by atoms with Crippen molar-refractivity contribution in [2.45, 2.75) is 64.1 Å². The van der Waals surface area contributed by atoms with E-state index in [9.17, 15) is 0 Å². The van der Waals surface area contributed by atoms with Crippen LogP contribution in [0.2, 0.25) is 0 Å². The van der Waals surface area contributed by atoms with Crippen molar-refractivity contribution in [3.05, 3.63) is 0 Å². The summed E-state index contributed by atoms with van der Waals surface area (Å²) >= 11 is 0. The summed E-state index contributed by atoms with van der Waals surface area (Å²) in [5.41, 5.74) is 0. The molecule has 2 saturated carbocycles. The first-order valence-corrected chi connectivity index (χ1v) is 6.03. The van der Waals surface area contributed by atoms with Crippen molar-refractivity contribution in [1.29, 1.82) is 0 Å². The fourth-order valence-electron chi connectivity index (χ4n) is 3.74. The van der Waals surface area contributed by atoms with Gasteiger partial charge < -0.3 is 0 Å². The van der Waals surface area contributed by atoms with Crippen LogP contribution < -0.4 is 0 Å². The first-order chi connectivity index (χ1) is 6.25. The van der Waals surface area contributed by atoms with Crippen molar-refractivity contribution in [1.82, 2.24) is 4.90 Å². The Hall–Kier alpha value is -0.0400. The number of rotatable bonds is 2. The highest BCUT2D eigenvalue weighted by Gasteiger charge is 2.49. The van der Waals surface area contributed by atoms with Gasteiger partial charge in [-0.3, -0.25) is 4.90 Å². The van der Waals surface area contributed by atoms with E-state index in [1.807, 2.05) is 0 Å². The number of hydrogen-bond donors (Lipinski definition) is 0. The van der Waals surface area contributed by atoms with Crippen molar-refractivity contribution < 1.29 is 0 Å². The summed E-state index contributed by atoms with van der Waals surface area (Å²) in [4.78, 5) is 2.76. The van der Waals surface area contributed by atoms with E-state index in [1.165, 1.54) is 19.3 Å². The third-order valence-corrected chi connectivity index (χ3v) is 4.42. The van der Waals surface area contributed by atoms with Gasteiger partial charge in [-0.05, 0) is 57.8 Å². The van der Waals surface area contributed by atoms with Crippen LogP contribution in [0.25, 0.3) is 0 Å². The lowest BCUT2D eigenvalue weighted by atomic mass is 9.71. The van der Waals surface area contributed by atoms with Crippen LogP contribution in [0.1, 0.15) is 46.0 Å². The number of piperidine rings is 1. The van der Waals surface area contributed by atoms with Crippen molar-refractivity contribution in [3.8, 4) is 0 Å². The third-order valence-electron chi connectivity index (χ3n) is 4.42. The third kappa shape index (κ3) is 1.24. The first-order valence-electron chi connectivity index (χ1n) is 6.03. The van der Waals surface area contributed by atoms with E-state index in [0.717, 1.165) is 30.0 Å². The van der Waals surface area contributed by atoms with Gasteiger partial charge in [0.05, 0.1) is 0 Å². The van der Waals surface area contributed by atoms with Crippen molar-refractivity contribution in [2.24, 2.45) is 11.8 Å². The lowest BCUT2D eigenvalue weighted by molar-refractivity contribution is -0.0770. The normalized spacial score (nSPS) is 45.0. The molecule has 2 bridgehead atoms. The number of hydrogen-bond acceptors (Lipinski definition) is 1. The van der Waals surface area contributed by atoms with Crippen LogP contribution in [0, 0.1) is 11.8 Å². The molecule has 4 rings (SSSR count). The quantitative estimate of drug-likeness (QED) is 0.630. The van der Waals surface area contributed by atoms with Gasteiger partial charge in [0, 0.05) is 18.1 Å². The van der Waals surface area contributed by atoms with Crippen LogP contribution >= 0.6 is 0 Å². The molecule has 0 amide bonds. The maximum atomic E-state index is 2.76. The number of fused-ring (bicyclic) bond motifs is 2. The van der Waals surface area contributed by atoms with Gasteiger partial charge in [-0.1, -0.05) is 0 Å². The number of nitrogens with zero attached hydrogens (tertiary/aromatic N) is 1. The Morgan fingerprint density at radius 3 is 2.00 bits per heavy atom. The van der Waals surface area contributed by atoms with Gasteiger partial charge in [0.2, 0.25) is 0 Å². The molecule has 0 aromatic carbocycles. The molecular formula is C12H21N. The van der Waals surface area contributed by atoms with Crippen LogP contribution in [0.5, 0.6) is 0 Å². The van der Waals surface area contributed by atoms with Gasteiger partial charge >= 0.3 is 0 Å². The molecule has 2 heterocycles. The maximum absolute atomic E-state index is 2.76. The lowest BCUT2D eigenvalue weighted by Gasteiger charge is -2.57. The van der Waals surface area contributed by atoms with E-state index in [-0.39, 0.29) is 0 Å². The fourth-order valence-corrected chi connectivity index (χ4v) is 3.74. The summed E-state index contributed by atoms with van der Waals surface area (Å²) in [5, 5.41) is 0. The van der Waals surface area contributed by atoms with Crippen LogP contribution in [0.3, 0.4) is 0 Å². The van der Waals surface area contributed by atoms with Crippen molar-refractivity contribution in [3.63, 3.8) is 0 Å². The summed E-state index contributed by atoms with van der Waals surface area (Å²) < 4.78 is 0. The molecule has 2 atom stereocenters. The molecule has 0 aromatic rings. The zero-order valence-corrected chi connectivity index (χ0v) is 8.87. The molecule has 0 N–H and O–H groups in total. The molecule has 0 aromatic heterocycles. The van der Waals surface area contributed by atoms with E-state index in [1.54, 1.807) is 12.8 Å². The minimum Gasteiger partial charge on any atom is -0.295 e. The predicted octanol–water partition coefficient (Wildman–Crippen LogP) is 2.66. The van der Waals surface area contributed by atoms with Gasteiger partial charge in [0.1, 0.15) is 0 Å². The largest absolute Gasteiger partial charge is 0.295 e. The maximum Gasteiger partial charge on any atom is 0.0118 e. The van der Waals surface area contributed by atoms with Crippen LogP contribution in [0.15, 0.2) is 0 Å². The second-order valence-corrected chi connectivity index (χ2v) is 5.65. The van der Waals surface area contributed by atoms with E-state index in [0.29, 0.717) is 0 Å². The lowest BCUT2D eigenvalue weighted by Crippen LogP contribution is -2.63. The topological polar surface area (TPSA) is 3.24 Å². The average molecular weight is 179 g/mol. The van der Waals surface area contributed by atoms with Crippen LogP contribution in [-0.4, -0.2) is 23.0 Å². The molecule has 2 aliphatic heterocycles. The van der Waals surface area contributed by atoms with Crippen molar-refractivity contribution in [2.75, 3.05) is 0 Å². The van der Waals surface area contributed by atoms with Gasteiger partial charge in [-0.25, -0.2) is 0 Å². The molecule has 2 saturated heterocycles. The SMILES string of the molecule is CC(C)N1C2CC(C3CC3)CC1C2. The monoisotopic (exact) mass is 179 g/mol. The summed E-state index contributed by atoms with van der Waals surface area (Å²) in [5.74, 6) is 2.28. The van der Waals surface area contributed by atoms with E-state index in [2.05, 4.69) is 18.7 Å². The average Bonchev–Trinajstić information content (AvgIpc) is 2.84. The summed E-state index contributed by atoms with van der Waals surface area (Å²) in [6.07, 6.45) is 7.66. The first kappa shape index (κ1) is 8.28. The second-order valence-electron chi connectivity index (χ2n) is 5.65. The Morgan fingerprint density at radius 2 is 1.54 bits per heavy atom. The van der Waals surface area contributed by atoms with Crippen LogP contribution in [-0.2, 0) is 0 Å². The van der Waals surface area contributed by atoms with Gasteiger partial charge in [0.15, 0.2) is 0 Å². The Bertz CT molecular complexity index is 195. The van der Waals surface area contributed by atoms with Crippen molar-refractivity contribution >= 4 is 0 Å². The molecule has 2 unspecified atom stereocenters. The second kappa shape index (κ2) is 2.73. The van der Waals surface area contributed by atoms with Gasteiger partial charge in [-0.2, -0.15) is 0 Å². The molecule has 13 heavy (non-hydrogen) atoms. The molecule has 74 valence electrons. The Labute approximate surface area is 81.5 Å².